The summed E-state index contributed by atoms with van der Waals surface area (Å²) < 4.78 is 0. The molecule has 0 aliphatic heterocycles. The highest BCUT2D eigenvalue weighted by atomic mass is 16.4. The first-order chi connectivity index (χ1) is 9.86. The van der Waals surface area contributed by atoms with E-state index in [4.69, 9.17) is 5.11 Å². The van der Waals surface area contributed by atoms with Crippen LogP contribution in [-0.2, 0) is 4.79 Å². The van der Waals surface area contributed by atoms with Crippen LogP contribution in [0.5, 0.6) is 0 Å². The lowest BCUT2D eigenvalue weighted by Crippen LogP contribution is -2.43. The third-order valence-electron chi connectivity index (χ3n) is 3.50. The minimum absolute atomic E-state index is 0.0273. The Morgan fingerprint density at radius 1 is 1.24 bits per heavy atom. The lowest BCUT2D eigenvalue weighted by atomic mass is 10.1. The number of carbonyl (C=O) groups excluding carboxylic acids is 1. The number of urea groups is 1. The Bertz CT molecular complexity index is 309. The average molecular weight is 301 g/mol. The van der Waals surface area contributed by atoms with Crippen molar-refractivity contribution in [1.82, 2.24) is 15.5 Å². The topological polar surface area (TPSA) is 81.7 Å². The van der Waals surface area contributed by atoms with Crippen LogP contribution in [0.25, 0.3) is 0 Å². The maximum Gasteiger partial charge on any atom is 0.315 e. The zero-order valence-electron chi connectivity index (χ0n) is 13.8. The second-order valence-corrected chi connectivity index (χ2v) is 5.77. The number of amides is 2. The molecule has 1 unspecified atom stereocenters. The summed E-state index contributed by atoms with van der Waals surface area (Å²) in [7, 11) is 2.09. The van der Waals surface area contributed by atoms with E-state index in [0.29, 0.717) is 19.0 Å². The fourth-order valence-electron chi connectivity index (χ4n) is 1.97. The van der Waals surface area contributed by atoms with Gasteiger partial charge in [-0.2, -0.15) is 0 Å². The van der Waals surface area contributed by atoms with Crippen LogP contribution in [0.4, 0.5) is 4.79 Å². The molecule has 2 amide bonds. The molecule has 0 aromatic carbocycles. The van der Waals surface area contributed by atoms with Crippen molar-refractivity contribution in [3.63, 3.8) is 0 Å². The van der Waals surface area contributed by atoms with Gasteiger partial charge < -0.3 is 20.6 Å². The Morgan fingerprint density at radius 2 is 1.90 bits per heavy atom. The van der Waals surface area contributed by atoms with Crippen molar-refractivity contribution in [2.75, 3.05) is 20.1 Å². The van der Waals surface area contributed by atoms with Gasteiger partial charge in [-0.15, -0.1) is 0 Å². The van der Waals surface area contributed by atoms with E-state index in [-0.39, 0.29) is 18.5 Å². The molecule has 124 valence electrons. The fraction of sp³-hybridized carbons (Fsp3) is 0.867. The molecule has 0 rings (SSSR count). The van der Waals surface area contributed by atoms with E-state index in [1.54, 1.807) is 0 Å². The van der Waals surface area contributed by atoms with Crippen molar-refractivity contribution in [2.45, 2.75) is 65.0 Å². The summed E-state index contributed by atoms with van der Waals surface area (Å²) in [5, 5.41) is 14.3. The van der Waals surface area contributed by atoms with Crippen molar-refractivity contribution >= 4 is 12.0 Å². The van der Waals surface area contributed by atoms with Crippen LogP contribution in [0.2, 0.25) is 0 Å². The molecule has 0 aromatic rings. The molecule has 6 heteroatoms. The Balaban J connectivity index is 3.79. The molecule has 0 aromatic heterocycles. The fourth-order valence-corrected chi connectivity index (χ4v) is 1.97. The summed E-state index contributed by atoms with van der Waals surface area (Å²) in [6, 6.07) is -0.0291. The molecule has 0 heterocycles. The monoisotopic (exact) mass is 301 g/mol. The van der Waals surface area contributed by atoms with Gasteiger partial charge in [0.1, 0.15) is 0 Å². The van der Waals surface area contributed by atoms with Crippen molar-refractivity contribution in [2.24, 2.45) is 0 Å². The number of nitrogens with one attached hydrogen (secondary N) is 2. The second kappa shape index (κ2) is 11.4. The zero-order chi connectivity index (χ0) is 16.3. The first-order valence-corrected chi connectivity index (χ1v) is 7.83. The van der Waals surface area contributed by atoms with E-state index >= 15 is 0 Å². The maximum absolute atomic E-state index is 11.7. The molecule has 21 heavy (non-hydrogen) atoms. The predicted molar refractivity (Wildman–Crippen MR) is 84.5 cm³/mol. The van der Waals surface area contributed by atoms with Gasteiger partial charge in [0.2, 0.25) is 0 Å². The highest BCUT2D eigenvalue weighted by molar-refractivity contribution is 5.75. The average Bonchev–Trinajstić information content (AvgIpc) is 2.37. The Morgan fingerprint density at radius 3 is 2.43 bits per heavy atom. The molecular weight excluding hydrogens is 270 g/mol. The van der Waals surface area contributed by atoms with Crippen LogP contribution in [0.3, 0.4) is 0 Å². The van der Waals surface area contributed by atoms with E-state index < -0.39 is 5.97 Å². The SMILES string of the molecule is CCCC(CC(=O)O)NC(=O)NCCCCN(C)C(C)C. The van der Waals surface area contributed by atoms with Gasteiger partial charge in [-0.25, -0.2) is 4.79 Å². The van der Waals surface area contributed by atoms with Gasteiger partial charge in [0.25, 0.3) is 0 Å². The van der Waals surface area contributed by atoms with Crippen LogP contribution in [-0.4, -0.2) is 54.2 Å². The standard InChI is InChI=1S/C15H31N3O3/c1-5-8-13(11-14(19)20)17-15(21)16-9-6-7-10-18(4)12(2)3/h12-13H,5-11H2,1-4H3,(H,19,20)(H2,16,17,21). The van der Waals surface area contributed by atoms with E-state index in [0.717, 1.165) is 25.8 Å². The van der Waals surface area contributed by atoms with E-state index in [1.165, 1.54) is 0 Å². The molecule has 1 atom stereocenters. The van der Waals surface area contributed by atoms with Crippen molar-refractivity contribution in [1.29, 1.82) is 0 Å². The van der Waals surface area contributed by atoms with Gasteiger partial charge in [0, 0.05) is 18.6 Å². The van der Waals surface area contributed by atoms with Crippen molar-refractivity contribution < 1.29 is 14.7 Å². The Hall–Kier alpha value is -1.30. The minimum atomic E-state index is -0.884. The van der Waals surface area contributed by atoms with Crippen LogP contribution >= 0.6 is 0 Å². The molecule has 0 aliphatic carbocycles. The number of aliphatic carboxylic acids is 1. The van der Waals surface area contributed by atoms with Gasteiger partial charge >= 0.3 is 12.0 Å². The van der Waals surface area contributed by atoms with E-state index in [2.05, 4.69) is 36.4 Å². The molecule has 0 radical (unpaired) electrons. The molecule has 0 spiro atoms. The summed E-state index contributed by atoms with van der Waals surface area (Å²) >= 11 is 0. The minimum Gasteiger partial charge on any atom is -0.481 e. The number of carboxylic acids is 1. The molecule has 0 fully saturated rings. The molecule has 3 N–H and O–H groups in total. The smallest absolute Gasteiger partial charge is 0.315 e. The van der Waals surface area contributed by atoms with Gasteiger partial charge in [0.15, 0.2) is 0 Å². The summed E-state index contributed by atoms with van der Waals surface area (Å²) in [4.78, 5) is 24.7. The largest absolute Gasteiger partial charge is 0.481 e. The molecule has 0 aliphatic rings. The Labute approximate surface area is 128 Å². The quantitative estimate of drug-likeness (QED) is 0.510. The van der Waals surface area contributed by atoms with Crippen LogP contribution in [0.1, 0.15) is 52.9 Å². The summed E-state index contributed by atoms with van der Waals surface area (Å²) in [6.07, 6.45) is 3.45. The highest BCUT2D eigenvalue weighted by Crippen LogP contribution is 2.02. The van der Waals surface area contributed by atoms with Gasteiger partial charge in [-0.1, -0.05) is 13.3 Å². The molecule has 0 saturated carbocycles. The Kier molecular flexibility index (Phi) is 10.7. The summed E-state index contributed by atoms with van der Waals surface area (Å²) in [6.45, 7) is 7.91. The number of nitrogens with zero attached hydrogens (tertiary/aromatic N) is 1. The molecule has 0 bridgehead atoms. The van der Waals surface area contributed by atoms with Crippen molar-refractivity contribution in [3.8, 4) is 0 Å². The normalized spacial score (nSPS) is 12.5. The third-order valence-corrected chi connectivity index (χ3v) is 3.50. The first-order valence-electron chi connectivity index (χ1n) is 7.83. The van der Waals surface area contributed by atoms with E-state index in [9.17, 15) is 9.59 Å². The number of carbonyl (C=O) groups is 2. The first kappa shape index (κ1) is 19.7. The van der Waals surface area contributed by atoms with Gasteiger partial charge in [-0.05, 0) is 46.7 Å². The van der Waals surface area contributed by atoms with Crippen LogP contribution in [0.15, 0.2) is 0 Å². The third kappa shape index (κ3) is 11.1. The summed E-state index contributed by atoms with van der Waals surface area (Å²) in [5.74, 6) is -0.884. The zero-order valence-corrected chi connectivity index (χ0v) is 13.8. The number of hydrogen-bond donors (Lipinski definition) is 3. The summed E-state index contributed by atoms with van der Waals surface area (Å²) in [5.41, 5.74) is 0. The molecule has 0 saturated heterocycles. The predicted octanol–water partition coefficient (Wildman–Crippen LogP) is 2.05. The molecule has 6 nitrogen and oxygen atoms in total. The number of rotatable bonds is 11. The van der Waals surface area contributed by atoms with E-state index in [1.807, 2.05) is 6.92 Å². The maximum atomic E-state index is 11.7. The second-order valence-electron chi connectivity index (χ2n) is 5.77. The highest BCUT2D eigenvalue weighted by Gasteiger charge is 2.14. The number of hydrogen-bond acceptors (Lipinski definition) is 3. The van der Waals surface area contributed by atoms with Gasteiger partial charge in [0.05, 0.1) is 6.42 Å². The lowest BCUT2D eigenvalue weighted by molar-refractivity contribution is -0.137. The molecular formula is C15H31N3O3. The van der Waals surface area contributed by atoms with Crippen LogP contribution < -0.4 is 10.6 Å². The van der Waals surface area contributed by atoms with Crippen molar-refractivity contribution in [3.05, 3.63) is 0 Å². The number of unbranched alkanes of at least 4 members (excludes halogenated alkanes) is 1. The lowest BCUT2D eigenvalue weighted by Gasteiger charge is -2.20. The number of carboxylic acid groups (broad SMARTS) is 1. The van der Waals surface area contributed by atoms with Gasteiger partial charge in [-0.3, -0.25) is 4.79 Å². The van der Waals surface area contributed by atoms with Crippen LogP contribution in [0, 0.1) is 0 Å².